The Balaban J connectivity index is 2.32. The minimum atomic E-state index is -0.418. The smallest absolute Gasteiger partial charge is 0.246 e. The van der Waals surface area contributed by atoms with Gasteiger partial charge in [-0.25, -0.2) is 0 Å². The highest BCUT2D eigenvalue weighted by Crippen LogP contribution is 2.25. The summed E-state index contributed by atoms with van der Waals surface area (Å²) in [5.41, 5.74) is 0.629. The van der Waals surface area contributed by atoms with Gasteiger partial charge < -0.3 is 10.1 Å². The molecule has 1 aromatic carbocycles. The molecule has 1 saturated heterocycles. The fourth-order valence-electron chi connectivity index (χ4n) is 1.71. The molecule has 0 spiro atoms. The predicted octanol–water partition coefficient (Wildman–Crippen LogP) is 1.81. The molecule has 1 aliphatic rings. The summed E-state index contributed by atoms with van der Waals surface area (Å²) in [6.45, 7) is 2.63. The molecule has 0 aliphatic carbocycles. The van der Waals surface area contributed by atoms with Crippen LogP contribution < -0.4 is 5.32 Å². The Morgan fingerprint density at radius 3 is 3.00 bits per heavy atom. The molecule has 1 amide bonds. The highest BCUT2D eigenvalue weighted by Gasteiger charge is 2.32. The number of amides is 1. The molecule has 15 heavy (non-hydrogen) atoms. The van der Waals surface area contributed by atoms with Crippen molar-refractivity contribution in [2.24, 2.45) is 0 Å². The Morgan fingerprint density at radius 1 is 1.53 bits per heavy atom. The van der Waals surface area contributed by atoms with Gasteiger partial charge in [0.15, 0.2) is 0 Å². The molecule has 0 radical (unpaired) electrons. The van der Waals surface area contributed by atoms with E-state index in [4.69, 9.17) is 4.74 Å². The van der Waals surface area contributed by atoms with Crippen molar-refractivity contribution in [3.63, 3.8) is 0 Å². The summed E-state index contributed by atoms with van der Waals surface area (Å²) < 4.78 is 6.27. The lowest BCUT2D eigenvalue weighted by Crippen LogP contribution is -2.52. The molecule has 1 aliphatic heterocycles. The van der Waals surface area contributed by atoms with Gasteiger partial charge in [0, 0.05) is 4.47 Å². The van der Waals surface area contributed by atoms with E-state index in [0.29, 0.717) is 6.61 Å². The molecule has 1 fully saturated rings. The van der Waals surface area contributed by atoms with Crippen molar-refractivity contribution < 1.29 is 9.53 Å². The predicted molar refractivity (Wildman–Crippen MR) is 60.5 cm³/mol. The van der Waals surface area contributed by atoms with Gasteiger partial charge in [0.25, 0.3) is 0 Å². The normalized spacial score (nSPS) is 26.1. The summed E-state index contributed by atoms with van der Waals surface area (Å²) in [6.07, 6.45) is 0. The summed E-state index contributed by atoms with van der Waals surface area (Å²) in [7, 11) is 0. The molecule has 0 saturated carbocycles. The number of hydrogen-bond donors (Lipinski definition) is 1. The number of hydrogen-bond acceptors (Lipinski definition) is 2. The van der Waals surface area contributed by atoms with Crippen molar-refractivity contribution in [3.05, 3.63) is 34.3 Å². The third kappa shape index (κ3) is 2.21. The molecule has 1 aromatic rings. The van der Waals surface area contributed by atoms with Crippen LogP contribution in [-0.2, 0) is 15.1 Å². The van der Waals surface area contributed by atoms with E-state index in [9.17, 15) is 4.79 Å². The van der Waals surface area contributed by atoms with Gasteiger partial charge in [-0.1, -0.05) is 28.1 Å². The van der Waals surface area contributed by atoms with Crippen LogP contribution in [0, 0.1) is 0 Å². The van der Waals surface area contributed by atoms with Crippen molar-refractivity contribution >= 4 is 21.8 Å². The maximum absolute atomic E-state index is 11.3. The Bertz CT molecular complexity index is 394. The van der Waals surface area contributed by atoms with Crippen molar-refractivity contribution in [3.8, 4) is 0 Å². The molecule has 0 unspecified atom stereocenters. The van der Waals surface area contributed by atoms with Gasteiger partial charge in [-0.05, 0) is 24.6 Å². The van der Waals surface area contributed by atoms with E-state index in [0.717, 1.165) is 10.0 Å². The average molecular weight is 270 g/mol. The first-order chi connectivity index (χ1) is 7.10. The lowest BCUT2D eigenvalue weighted by atomic mass is 9.92. The van der Waals surface area contributed by atoms with E-state index >= 15 is 0 Å². The van der Waals surface area contributed by atoms with E-state index in [-0.39, 0.29) is 12.5 Å². The van der Waals surface area contributed by atoms with E-state index in [2.05, 4.69) is 21.2 Å². The third-order valence-corrected chi connectivity index (χ3v) is 2.99. The van der Waals surface area contributed by atoms with Gasteiger partial charge in [-0.3, -0.25) is 4.79 Å². The maximum atomic E-state index is 11.3. The standard InChI is InChI=1S/C11H12BrNO2/c1-11(7-15-6-10(14)13-11)8-3-2-4-9(12)5-8/h2-5H,6-7H2,1H3,(H,13,14)/t11-/m1/s1. The first-order valence-corrected chi connectivity index (χ1v) is 5.54. The molecular weight excluding hydrogens is 258 g/mol. The molecule has 80 valence electrons. The lowest BCUT2D eigenvalue weighted by molar-refractivity contribution is -0.135. The van der Waals surface area contributed by atoms with Crippen LogP contribution in [0.4, 0.5) is 0 Å². The Morgan fingerprint density at radius 2 is 2.33 bits per heavy atom. The maximum Gasteiger partial charge on any atom is 0.246 e. The van der Waals surface area contributed by atoms with Gasteiger partial charge >= 0.3 is 0 Å². The monoisotopic (exact) mass is 269 g/mol. The van der Waals surface area contributed by atoms with E-state index in [1.54, 1.807) is 0 Å². The Kier molecular flexibility index (Phi) is 2.80. The van der Waals surface area contributed by atoms with Gasteiger partial charge in [0.05, 0.1) is 12.1 Å². The molecule has 1 atom stereocenters. The number of carbonyl (C=O) groups is 1. The first-order valence-electron chi connectivity index (χ1n) is 4.75. The zero-order chi connectivity index (χ0) is 10.9. The Labute approximate surface area is 96.9 Å². The lowest BCUT2D eigenvalue weighted by Gasteiger charge is -2.34. The number of nitrogens with one attached hydrogen (secondary N) is 1. The Hall–Kier alpha value is -0.870. The molecule has 1 heterocycles. The van der Waals surface area contributed by atoms with Crippen molar-refractivity contribution in [2.75, 3.05) is 13.2 Å². The molecule has 2 rings (SSSR count). The number of morpholine rings is 1. The molecule has 1 N–H and O–H groups in total. The summed E-state index contributed by atoms with van der Waals surface area (Å²) in [6, 6.07) is 7.89. The van der Waals surface area contributed by atoms with Crippen LogP contribution in [0.3, 0.4) is 0 Å². The summed E-state index contributed by atoms with van der Waals surface area (Å²) in [4.78, 5) is 11.3. The first kappa shape index (κ1) is 10.6. The summed E-state index contributed by atoms with van der Waals surface area (Å²) in [5.74, 6) is -0.0660. The number of benzene rings is 1. The number of rotatable bonds is 1. The van der Waals surface area contributed by atoms with Crippen LogP contribution in [0.25, 0.3) is 0 Å². The average Bonchev–Trinajstić information content (AvgIpc) is 2.17. The van der Waals surface area contributed by atoms with Crippen LogP contribution in [0.5, 0.6) is 0 Å². The molecule has 3 nitrogen and oxygen atoms in total. The largest absolute Gasteiger partial charge is 0.369 e. The van der Waals surface area contributed by atoms with Gasteiger partial charge in [-0.2, -0.15) is 0 Å². The summed E-state index contributed by atoms with van der Waals surface area (Å²) >= 11 is 3.41. The second kappa shape index (κ2) is 3.94. The number of carbonyl (C=O) groups excluding carboxylic acids is 1. The number of halogens is 1. The highest BCUT2D eigenvalue weighted by molar-refractivity contribution is 9.10. The van der Waals surface area contributed by atoms with E-state index < -0.39 is 5.54 Å². The zero-order valence-electron chi connectivity index (χ0n) is 8.42. The van der Waals surface area contributed by atoms with Gasteiger partial charge in [0.1, 0.15) is 6.61 Å². The van der Waals surface area contributed by atoms with Crippen LogP contribution in [-0.4, -0.2) is 19.1 Å². The minimum absolute atomic E-state index is 0.0660. The molecule has 4 heteroatoms. The van der Waals surface area contributed by atoms with Gasteiger partial charge in [-0.15, -0.1) is 0 Å². The van der Waals surface area contributed by atoms with Gasteiger partial charge in [0.2, 0.25) is 5.91 Å². The zero-order valence-corrected chi connectivity index (χ0v) is 10.0. The highest BCUT2D eigenvalue weighted by atomic mass is 79.9. The van der Waals surface area contributed by atoms with E-state index in [1.807, 2.05) is 31.2 Å². The van der Waals surface area contributed by atoms with Crippen LogP contribution in [0.1, 0.15) is 12.5 Å². The van der Waals surface area contributed by atoms with Crippen LogP contribution in [0.15, 0.2) is 28.7 Å². The SMILES string of the molecule is C[C@]1(c2cccc(Br)c2)COCC(=O)N1. The summed E-state index contributed by atoms with van der Waals surface area (Å²) in [5, 5.41) is 2.95. The van der Waals surface area contributed by atoms with Crippen LogP contribution >= 0.6 is 15.9 Å². The van der Waals surface area contributed by atoms with Crippen molar-refractivity contribution in [1.82, 2.24) is 5.32 Å². The minimum Gasteiger partial charge on any atom is -0.369 e. The fourth-order valence-corrected chi connectivity index (χ4v) is 2.11. The second-order valence-electron chi connectivity index (χ2n) is 3.88. The second-order valence-corrected chi connectivity index (χ2v) is 4.80. The molecular formula is C11H12BrNO2. The quantitative estimate of drug-likeness (QED) is 0.845. The number of ether oxygens (including phenoxy) is 1. The van der Waals surface area contributed by atoms with Crippen LogP contribution in [0.2, 0.25) is 0 Å². The topological polar surface area (TPSA) is 38.3 Å². The fraction of sp³-hybridized carbons (Fsp3) is 0.364. The molecule has 0 bridgehead atoms. The van der Waals surface area contributed by atoms with Crippen molar-refractivity contribution in [2.45, 2.75) is 12.5 Å². The van der Waals surface area contributed by atoms with Crippen molar-refractivity contribution in [1.29, 1.82) is 0 Å². The van der Waals surface area contributed by atoms with E-state index in [1.165, 1.54) is 0 Å². The third-order valence-electron chi connectivity index (χ3n) is 2.50. The molecule has 0 aromatic heterocycles.